The van der Waals surface area contributed by atoms with Gasteiger partial charge in [-0.3, -0.25) is 0 Å². The third-order valence-corrected chi connectivity index (χ3v) is 4.34. The summed E-state index contributed by atoms with van der Waals surface area (Å²) < 4.78 is 0. The number of nitrogens with one attached hydrogen (secondary N) is 2. The summed E-state index contributed by atoms with van der Waals surface area (Å²) in [5.74, 6) is 0. The molecule has 0 amide bonds. The monoisotopic (exact) mass is 302 g/mol. The molecule has 2 aromatic carbocycles. The predicted molar refractivity (Wildman–Crippen MR) is 88.9 cm³/mol. The second-order valence-electron chi connectivity index (χ2n) is 4.56. The van der Waals surface area contributed by atoms with Crippen LogP contribution in [0.25, 0.3) is 10.9 Å². The highest BCUT2D eigenvalue weighted by molar-refractivity contribution is 7.98. The van der Waals surface area contributed by atoms with Crippen LogP contribution in [0.15, 0.2) is 53.6 Å². The number of aromatic nitrogens is 1. The highest BCUT2D eigenvalue weighted by Gasteiger charge is 2.05. The number of rotatable bonds is 4. The summed E-state index contributed by atoms with van der Waals surface area (Å²) in [6.07, 6.45) is 4.13. The number of hydrogen-bond donors (Lipinski definition) is 2. The summed E-state index contributed by atoms with van der Waals surface area (Å²) in [7, 11) is 0. The number of benzene rings is 2. The van der Waals surface area contributed by atoms with E-state index in [0.29, 0.717) is 0 Å². The summed E-state index contributed by atoms with van der Waals surface area (Å²) in [6.45, 7) is 0.791. The molecule has 2 nitrogen and oxygen atoms in total. The van der Waals surface area contributed by atoms with Crippen molar-refractivity contribution in [3.05, 3.63) is 59.2 Å². The van der Waals surface area contributed by atoms with Crippen molar-refractivity contribution in [2.45, 2.75) is 11.4 Å². The first-order valence-electron chi connectivity index (χ1n) is 6.40. The van der Waals surface area contributed by atoms with Crippen LogP contribution >= 0.6 is 23.4 Å². The molecule has 1 aromatic heterocycles. The fourth-order valence-corrected chi connectivity index (χ4v) is 3.03. The molecule has 3 rings (SSSR count). The van der Waals surface area contributed by atoms with Crippen molar-refractivity contribution in [1.29, 1.82) is 0 Å². The molecule has 20 heavy (non-hydrogen) atoms. The van der Waals surface area contributed by atoms with Crippen LogP contribution in [0.4, 0.5) is 5.69 Å². The van der Waals surface area contributed by atoms with Crippen LogP contribution in [0.3, 0.4) is 0 Å². The van der Waals surface area contributed by atoms with E-state index >= 15 is 0 Å². The van der Waals surface area contributed by atoms with Crippen LogP contribution in [0.5, 0.6) is 0 Å². The first-order valence-corrected chi connectivity index (χ1v) is 8.00. The zero-order valence-corrected chi connectivity index (χ0v) is 12.7. The molecular weight excluding hydrogens is 288 g/mol. The highest BCUT2D eigenvalue weighted by Crippen LogP contribution is 2.27. The number of thioether (sulfide) groups is 1. The Labute approximate surface area is 127 Å². The van der Waals surface area contributed by atoms with Crippen molar-refractivity contribution >= 4 is 40.0 Å². The molecule has 0 radical (unpaired) electrons. The van der Waals surface area contributed by atoms with Crippen LogP contribution in [-0.2, 0) is 6.54 Å². The average Bonchev–Trinajstić information content (AvgIpc) is 2.87. The number of hydrogen-bond acceptors (Lipinski definition) is 2. The fourth-order valence-electron chi connectivity index (χ4n) is 2.29. The lowest BCUT2D eigenvalue weighted by molar-refractivity contribution is 1.14. The van der Waals surface area contributed by atoms with Crippen LogP contribution in [0.2, 0.25) is 5.02 Å². The number of halogens is 1. The van der Waals surface area contributed by atoms with Gasteiger partial charge in [0.25, 0.3) is 0 Å². The zero-order valence-electron chi connectivity index (χ0n) is 11.1. The van der Waals surface area contributed by atoms with E-state index in [1.165, 1.54) is 21.5 Å². The van der Waals surface area contributed by atoms with Gasteiger partial charge in [0, 0.05) is 39.3 Å². The maximum absolute atomic E-state index is 6.00. The molecule has 0 aliphatic rings. The van der Waals surface area contributed by atoms with Gasteiger partial charge >= 0.3 is 0 Å². The lowest BCUT2D eigenvalue weighted by atomic mass is 10.1. The molecule has 1 heterocycles. The number of H-pyrrole nitrogens is 1. The third kappa shape index (κ3) is 2.65. The molecule has 0 bridgehead atoms. The van der Waals surface area contributed by atoms with E-state index in [9.17, 15) is 0 Å². The van der Waals surface area contributed by atoms with Crippen molar-refractivity contribution in [3.63, 3.8) is 0 Å². The first-order chi connectivity index (χ1) is 9.78. The number of para-hydroxylation sites is 1. The van der Waals surface area contributed by atoms with Gasteiger partial charge in [0.05, 0.1) is 0 Å². The van der Waals surface area contributed by atoms with E-state index in [2.05, 4.69) is 46.9 Å². The van der Waals surface area contributed by atoms with E-state index in [0.717, 1.165) is 17.1 Å². The summed E-state index contributed by atoms with van der Waals surface area (Å²) >= 11 is 7.75. The van der Waals surface area contributed by atoms with Crippen molar-refractivity contribution in [3.8, 4) is 0 Å². The Morgan fingerprint density at radius 1 is 1.20 bits per heavy atom. The van der Waals surface area contributed by atoms with Gasteiger partial charge in [-0.25, -0.2) is 0 Å². The highest BCUT2D eigenvalue weighted by atomic mass is 35.5. The summed E-state index contributed by atoms with van der Waals surface area (Å²) in [6, 6.07) is 14.3. The second kappa shape index (κ2) is 5.81. The standard InChI is InChI=1S/C16H15ClN2S/c1-20-16-5-3-2-4-14(16)18-9-11-10-19-15-8-12(17)6-7-13(11)15/h2-8,10,18-19H,9H2,1H3. The van der Waals surface area contributed by atoms with Crippen molar-refractivity contribution in [1.82, 2.24) is 4.98 Å². The Morgan fingerprint density at radius 3 is 2.90 bits per heavy atom. The van der Waals surface area contributed by atoms with Crippen LogP contribution in [0, 0.1) is 0 Å². The number of fused-ring (bicyclic) bond motifs is 1. The molecule has 0 saturated carbocycles. The summed E-state index contributed by atoms with van der Waals surface area (Å²) in [5, 5.41) is 5.47. The Kier molecular flexibility index (Phi) is 3.90. The van der Waals surface area contributed by atoms with Gasteiger partial charge in [-0.05, 0) is 36.1 Å². The minimum absolute atomic E-state index is 0.756. The molecule has 0 fully saturated rings. The fraction of sp³-hybridized carbons (Fsp3) is 0.125. The smallest absolute Gasteiger partial charge is 0.0480 e. The SMILES string of the molecule is CSc1ccccc1NCc1c[nH]c2cc(Cl)ccc12. The van der Waals surface area contributed by atoms with Gasteiger partial charge in [-0.1, -0.05) is 29.8 Å². The van der Waals surface area contributed by atoms with E-state index in [1.807, 2.05) is 18.3 Å². The van der Waals surface area contributed by atoms with Crippen LogP contribution in [-0.4, -0.2) is 11.2 Å². The van der Waals surface area contributed by atoms with E-state index in [4.69, 9.17) is 11.6 Å². The minimum atomic E-state index is 0.756. The Bertz CT molecular complexity index is 736. The molecule has 4 heteroatoms. The molecule has 0 aliphatic carbocycles. The van der Waals surface area contributed by atoms with Crippen molar-refractivity contribution < 1.29 is 0 Å². The largest absolute Gasteiger partial charge is 0.380 e. The molecule has 0 unspecified atom stereocenters. The van der Waals surface area contributed by atoms with Gasteiger partial charge in [0.15, 0.2) is 0 Å². The molecule has 2 N–H and O–H groups in total. The molecule has 0 atom stereocenters. The zero-order chi connectivity index (χ0) is 13.9. The first kappa shape index (κ1) is 13.4. The van der Waals surface area contributed by atoms with E-state index in [-0.39, 0.29) is 0 Å². The maximum atomic E-state index is 6.00. The maximum Gasteiger partial charge on any atom is 0.0480 e. The van der Waals surface area contributed by atoms with E-state index < -0.39 is 0 Å². The molecule has 102 valence electrons. The van der Waals surface area contributed by atoms with Gasteiger partial charge in [-0.15, -0.1) is 11.8 Å². The second-order valence-corrected chi connectivity index (χ2v) is 5.84. The quantitative estimate of drug-likeness (QED) is 0.652. The molecule has 3 aromatic rings. The molecule has 0 saturated heterocycles. The Morgan fingerprint density at radius 2 is 2.05 bits per heavy atom. The minimum Gasteiger partial charge on any atom is -0.380 e. The van der Waals surface area contributed by atoms with E-state index in [1.54, 1.807) is 11.8 Å². The molecular formula is C16H15ClN2S. The van der Waals surface area contributed by atoms with Crippen molar-refractivity contribution in [2.24, 2.45) is 0 Å². The predicted octanol–water partition coefficient (Wildman–Crippen LogP) is 5.16. The normalized spacial score (nSPS) is 10.9. The van der Waals surface area contributed by atoms with Crippen LogP contribution < -0.4 is 5.32 Å². The topological polar surface area (TPSA) is 27.8 Å². The van der Waals surface area contributed by atoms with Gasteiger partial charge in [0.2, 0.25) is 0 Å². The third-order valence-electron chi connectivity index (χ3n) is 3.31. The van der Waals surface area contributed by atoms with Crippen LogP contribution in [0.1, 0.15) is 5.56 Å². The molecule has 0 aliphatic heterocycles. The van der Waals surface area contributed by atoms with Gasteiger partial charge < -0.3 is 10.3 Å². The van der Waals surface area contributed by atoms with Gasteiger partial charge in [0.1, 0.15) is 0 Å². The molecule has 0 spiro atoms. The van der Waals surface area contributed by atoms with Gasteiger partial charge in [-0.2, -0.15) is 0 Å². The average molecular weight is 303 g/mol. The van der Waals surface area contributed by atoms with Crippen molar-refractivity contribution in [2.75, 3.05) is 11.6 Å². The Balaban J connectivity index is 1.83. The Hall–Kier alpha value is -1.58. The number of aromatic amines is 1. The summed E-state index contributed by atoms with van der Waals surface area (Å²) in [5.41, 5.74) is 3.49. The lowest BCUT2D eigenvalue weighted by Gasteiger charge is -2.09. The lowest BCUT2D eigenvalue weighted by Crippen LogP contribution is -1.99. The number of anilines is 1. The summed E-state index contributed by atoms with van der Waals surface area (Å²) in [4.78, 5) is 4.52.